The third-order valence-electron chi connectivity index (χ3n) is 8.39. The van der Waals surface area contributed by atoms with Crippen molar-refractivity contribution in [2.45, 2.75) is 78.4 Å². The molecular weight excluding hydrogens is 636 g/mol. The van der Waals surface area contributed by atoms with Gasteiger partial charge in [-0.1, -0.05) is 63.4 Å². The summed E-state index contributed by atoms with van der Waals surface area (Å²) < 4.78 is 12.4. The molecule has 0 bridgehead atoms. The molecule has 0 aliphatic heterocycles. The van der Waals surface area contributed by atoms with Gasteiger partial charge in [-0.05, 0) is 55.7 Å². The number of ketones is 1. The predicted molar refractivity (Wildman–Crippen MR) is 193 cm³/mol. The Labute approximate surface area is 296 Å². The molecule has 0 fully saturated rings. The normalized spacial score (nSPS) is 12.5. The van der Waals surface area contributed by atoms with Crippen LogP contribution in [-0.4, -0.2) is 80.6 Å². The van der Waals surface area contributed by atoms with E-state index in [9.17, 15) is 19.2 Å². The molecule has 2 N–H and O–H groups in total. The number of hydrogen-bond donors (Lipinski definition) is 2. The second-order valence-corrected chi connectivity index (χ2v) is 13.4. The maximum Gasteiger partial charge on any atom is 0.288 e. The minimum atomic E-state index is -0.540. The van der Waals surface area contributed by atoms with E-state index >= 15 is 0 Å². The minimum Gasteiger partial charge on any atom is -0.494 e. The summed E-state index contributed by atoms with van der Waals surface area (Å²) in [5.41, 5.74) is 2.05. The molecule has 2 aromatic carbocycles. The highest BCUT2D eigenvalue weighted by molar-refractivity contribution is 5.98. The lowest BCUT2D eigenvalue weighted by molar-refractivity contribution is -0.870. The van der Waals surface area contributed by atoms with Gasteiger partial charge in [-0.15, -0.1) is 0 Å². The molecule has 11 nitrogen and oxygen atoms in total. The fourth-order valence-corrected chi connectivity index (χ4v) is 5.74. The molecule has 3 amide bonds. The lowest BCUT2D eigenvalue weighted by Gasteiger charge is -2.32. The van der Waals surface area contributed by atoms with Gasteiger partial charge in [0.25, 0.3) is 5.91 Å². The molecule has 0 spiro atoms. The first-order valence-electron chi connectivity index (χ1n) is 17.7. The Morgan fingerprint density at radius 3 is 2.36 bits per heavy atom. The van der Waals surface area contributed by atoms with Crippen LogP contribution in [0, 0.1) is 5.92 Å². The second kappa shape index (κ2) is 20.3. The molecular formula is C39H55N4O7+. The van der Waals surface area contributed by atoms with Gasteiger partial charge < -0.3 is 24.3 Å². The van der Waals surface area contributed by atoms with Gasteiger partial charge in [0.2, 0.25) is 12.3 Å². The van der Waals surface area contributed by atoms with Gasteiger partial charge in [-0.3, -0.25) is 24.0 Å². The van der Waals surface area contributed by atoms with Crippen molar-refractivity contribution in [3.05, 3.63) is 77.6 Å². The van der Waals surface area contributed by atoms with Crippen molar-refractivity contribution < 1.29 is 37.7 Å². The molecule has 0 unspecified atom stereocenters. The van der Waals surface area contributed by atoms with E-state index in [1.54, 1.807) is 30.3 Å². The van der Waals surface area contributed by atoms with Crippen LogP contribution in [0.25, 0.3) is 11.3 Å². The summed E-state index contributed by atoms with van der Waals surface area (Å²) in [6.45, 7) is 7.25. The molecule has 0 saturated heterocycles. The largest absolute Gasteiger partial charge is 0.494 e. The number of ether oxygens (including phenoxy) is 1. The van der Waals surface area contributed by atoms with Crippen LogP contribution in [0.2, 0.25) is 0 Å². The van der Waals surface area contributed by atoms with Crippen LogP contribution in [0.5, 0.6) is 5.75 Å². The van der Waals surface area contributed by atoms with Crippen LogP contribution in [0.15, 0.2) is 65.1 Å². The van der Waals surface area contributed by atoms with Crippen molar-refractivity contribution in [1.82, 2.24) is 15.7 Å². The van der Waals surface area contributed by atoms with Crippen LogP contribution >= 0.6 is 0 Å². The Kier molecular flexibility index (Phi) is 16.2. The zero-order valence-electron chi connectivity index (χ0n) is 30.5. The Hall–Kier alpha value is -4.48. The van der Waals surface area contributed by atoms with Gasteiger partial charge in [0, 0.05) is 24.0 Å². The van der Waals surface area contributed by atoms with Crippen LogP contribution in [-0.2, 0) is 21.0 Å². The average Bonchev–Trinajstić information content (AvgIpc) is 3.60. The highest BCUT2D eigenvalue weighted by atomic mass is 16.7. The molecule has 0 aliphatic rings. The number of unbranched alkanes of at least 4 members (excludes halogenated alkanes) is 2. The minimum absolute atomic E-state index is 0.0128. The standard InChI is InChI=1S/C39H54N4O7/c1-7-10-12-18-33(34(8-2)42(28-44)49-26-29-16-13-11-14-17-29)38(46)40-27-41-39(47)37-21-20-36(50-37)31-23-30(24-32(25-31)48-9-3)35(45)19-15-22-43(4,5)6/h11,13-14,16-17,20-21,23-25,28,33-34H,7-10,12,15,18-19,22,26-27H2,1-6H3,(H-,40,41,46,47)/p+1/t33-,34-/m1/s1. The number of nitrogens with zero attached hydrogens (tertiary/aromatic N) is 2. The third-order valence-corrected chi connectivity index (χ3v) is 8.39. The van der Waals surface area contributed by atoms with Gasteiger partial charge in [0.05, 0.1) is 52.9 Å². The molecule has 2 atom stereocenters. The molecule has 11 heteroatoms. The van der Waals surface area contributed by atoms with Crippen molar-refractivity contribution in [2.75, 3.05) is 41.0 Å². The van der Waals surface area contributed by atoms with E-state index in [4.69, 9.17) is 14.0 Å². The van der Waals surface area contributed by atoms with E-state index in [1.807, 2.05) is 44.2 Å². The molecule has 50 heavy (non-hydrogen) atoms. The first-order chi connectivity index (χ1) is 24.0. The molecule has 3 aromatic rings. The zero-order valence-corrected chi connectivity index (χ0v) is 30.5. The zero-order chi connectivity index (χ0) is 36.5. The van der Waals surface area contributed by atoms with Crippen LogP contribution in [0.3, 0.4) is 0 Å². The van der Waals surface area contributed by atoms with Gasteiger partial charge in [-0.25, -0.2) is 5.06 Å². The summed E-state index contributed by atoms with van der Waals surface area (Å²) in [7, 11) is 6.28. The molecule has 0 radical (unpaired) electrons. The van der Waals surface area contributed by atoms with Crippen molar-refractivity contribution in [3.8, 4) is 17.1 Å². The molecule has 272 valence electrons. The first-order valence-corrected chi connectivity index (χ1v) is 17.7. The monoisotopic (exact) mass is 691 g/mol. The van der Waals surface area contributed by atoms with E-state index in [1.165, 1.54) is 5.06 Å². The Morgan fingerprint density at radius 2 is 1.70 bits per heavy atom. The highest BCUT2D eigenvalue weighted by Gasteiger charge is 2.32. The topological polar surface area (TPSA) is 127 Å². The summed E-state index contributed by atoms with van der Waals surface area (Å²) in [6.07, 6.45) is 5.61. The first kappa shape index (κ1) is 40.0. The Morgan fingerprint density at radius 1 is 0.940 bits per heavy atom. The SMILES string of the molecule is CCCCC[C@@H](C(=O)NCNC(=O)c1ccc(-c2cc(OCC)cc(C(=O)CCC[N+](C)(C)C)c2)o1)[C@@H](CC)N(C=O)OCc1ccccc1. The summed E-state index contributed by atoms with van der Waals surface area (Å²) in [6, 6.07) is 17.5. The van der Waals surface area contributed by atoms with E-state index in [0.717, 1.165) is 42.3 Å². The molecule has 1 heterocycles. The van der Waals surface area contributed by atoms with E-state index < -0.39 is 17.9 Å². The molecule has 1 aromatic heterocycles. The van der Waals surface area contributed by atoms with Gasteiger partial charge in [0.15, 0.2) is 11.5 Å². The number of benzene rings is 2. The number of Topliss-reactive ketones (excluding diaryl/α,β-unsaturated/α-hetero) is 1. The van der Waals surface area contributed by atoms with E-state index in [0.29, 0.717) is 54.9 Å². The van der Waals surface area contributed by atoms with Gasteiger partial charge in [0.1, 0.15) is 18.1 Å². The smallest absolute Gasteiger partial charge is 0.288 e. The lowest BCUT2D eigenvalue weighted by atomic mass is 9.90. The fraction of sp³-hybridized carbons (Fsp3) is 0.487. The molecule has 0 aliphatic carbocycles. The number of rotatable bonds is 23. The highest BCUT2D eigenvalue weighted by Crippen LogP contribution is 2.29. The number of hydroxylamine groups is 2. The predicted octanol–water partition coefficient (Wildman–Crippen LogP) is 6.38. The number of carbonyl (C=O) groups excluding carboxylic acids is 4. The average molecular weight is 692 g/mol. The van der Waals surface area contributed by atoms with Gasteiger partial charge in [-0.2, -0.15) is 0 Å². The fourth-order valence-electron chi connectivity index (χ4n) is 5.74. The van der Waals surface area contributed by atoms with Crippen LogP contribution in [0.1, 0.15) is 92.2 Å². The molecule has 0 saturated carbocycles. The summed E-state index contributed by atoms with van der Waals surface area (Å²) in [5, 5.41) is 6.77. The van der Waals surface area contributed by atoms with Crippen molar-refractivity contribution in [2.24, 2.45) is 5.92 Å². The number of nitrogens with one attached hydrogen (secondary N) is 2. The molecule has 3 rings (SSSR count). The summed E-state index contributed by atoms with van der Waals surface area (Å²) in [5.74, 6) is -0.311. The van der Waals surface area contributed by atoms with Crippen LogP contribution in [0.4, 0.5) is 0 Å². The van der Waals surface area contributed by atoms with Crippen molar-refractivity contribution >= 4 is 24.0 Å². The Bertz CT molecular complexity index is 1520. The number of carbonyl (C=O) groups is 4. The van der Waals surface area contributed by atoms with Gasteiger partial charge >= 0.3 is 0 Å². The summed E-state index contributed by atoms with van der Waals surface area (Å²) >= 11 is 0. The third kappa shape index (κ3) is 12.8. The van der Waals surface area contributed by atoms with Crippen molar-refractivity contribution in [3.63, 3.8) is 0 Å². The number of furan rings is 1. The Balaban J connectivity index is 1.66. The van der Waals surface area contributed by atoms with E-state index in [-0.39, 0.29) is 30.7 Å². The summed E-state index contributed by atoms with van der Waals surface area (Å²) in [4.78, 5) is 57.6. The maximum atomic E-state index is 13.5. The van der Waals surface area contributed by atoms with Crippen molar-refractivity contribution in [1.29, 1.82) is 0 Å². The number of quaternary nitrogens is 1. The quantitative estimate of drug-likeness (QED) is 0.0295. The number of hydrogen-bond acceptors (Lipinski definition) is 7. The second-order valence-electron chi connectivity index (χ2n) is 13.4. The van der Waals surface area contributed by atoms with Crippen LogP contribution < -0.4 is 15.4 Å². The number of amides is 3. The van der Waals surface area contributed by atoms with E-state index in [2.05, 4.69) is 38.7 Å². The maximum absolute atomic E-state index is 13.5. The lowest BCUT2D eigenvalue weighted by Crippen LogP contribution is -2.48.